The molecular weight excluding hydrogens is 370 g/mol. The molecule has 9 nitrogen and oxygen atoms in total. The number of amides is 1. The van der Waals surface area contributed by atoms with Crippen LogP contribution in [0.1, 0.15) is 6.92 Å². The van der Waals surface area contributed by atoms with Gasteiger partial charge in [-0.2, -0.15) is 4.98 Å². The van der Waals surface area contributed by atoms with Crippen molar-refractivity contribution in [3.8, 4) is 24.7 Å². The Labute approximate surface area is 166 Å². The van der Waals surface area contributed by atoms with E-state index < -0.39 is 6.04 Å². The molecule has 9 heteroatoms. The van der Waals surface area contributed by atoms with Crippen molar-refractivity contribution in [2.75, 3.05) is 28.2 Å². The van der Waals surface area contributed by atoms with Gasteiger partial charge in [0.2, 0.25) is 11.9 Å². The number of aromatic nitrogens is 4. The summed E-state index contributed by atoms with van der Waals surface area (Å²) in [5.41, 5.74) is 1.67. The van der Waals surface area contributed by atoms with Crippen molar-refractivity contribution in [1.29, 1.82) is 0 Å². The lowest BCUT2D eigenvalue weighted by Crippen LogP contribution is -2.52. The first-order chi connectivity index (χ1) is 14.0. The van der Waals surface area contributed by atoms with Crippen molar-refractivity contribution in [2.45, 2.75) is 13.0 Å². The van der Waals surface area contributed by atoms with Crippen LogP contribution in [0, 0.1) is 24.7 Å². The molecule has 3 heterocycles. The molecule has 29 heavy (non-hydrogen) atoms. The van der Waals surface area contributed by atoms with Gasteiger partial charge in [-0.25, -0.2) is 4.98 Å². The van der Waals surface area contributed by atoms with Gasteiger partial charge < -0.3 is 10.2 Å². The van der Waals surface area contributed by atoms with E-state index >= 15 is 0 Å². The maximum absolute atomic E-state index is 12.7. The van der Waals surface area contributed by atoms with E-state index in [4.69, 9.17) is 12.8 Å². The van der Waals surface area contributed by atoms with Crippen molar-refractivity contribution in [1.82, 2.24) is 20.2 Å². The Morgan fingerprint density at radius 2 is 2.00 bits per heavy atom. The number of benzene rings is 1. The molecule has 1 atom stereocenters. The maximum Gasteiger partial charge on any atom is 0.271 e. The van der Waals surface area contributed by atoms with Gasteiger partial charge >= 0.3 is 0 Å². The number of anilines is 4. The van der Waals surface area contributed by atoms with E-state index in [0.29, 0.717) is 34.0 Å². The number of nitrogens with one attached hydrogen (secondary N) is 3. The predicted molar refractivity (Wildman–Crippen MR) is 111 cm³/mol. The molecule has 0 fully saturated rings. The summed E-state index contributed by atoms with van der Waals surface area (Å²) in [6.45, 7) is 2.10. The summed E-state index contributed by atoms with van der Waals surface area (Å²) in [7, 11) is 0. The Balaban J connectivity index is 1.73. The van der Waals surface area contributed by atoms with Gasteiger partial charge in [-0.05, 0) is 25.1 Å². The molecule has 3 N–H and O–H groups in total. The second-order valence-corrected chi connectivity index (χ2v) is 6.50. The highest BCUT2D eigenvalue weighted by molar-refractivity contribution is 6.05. The maximum atomic E-state index is 12.7. The Bertz CT molecular complexity index is 1240. The van der Waals surface area contributed by atoms with Crippen LogP contribution in [0.2, 0.25) is 0 Å². The molecule has 0 saturated heterocycles. The lowest BCUT2D eigenvalue weighted by atomic mass is 10.1. The molecule has 0 aliphatic carbocycles. The number of nitrogens with zero attached hydrogens (tertiary/aromatic N) is 4. The average molecular weight is 387 g/mol. The number of hydrogen-bond acceptors (Lipinski definition) is 6. The molecule has 1 aliphatic heterocycles. The average Bonchev–Trinajstić information content (AvgIpc) is 3.09. The fourth-order valence-corrected chi connectivity index (χ4v) is 3.30. The zero-order valence-electron chi connectivity index (χ0n) is 15.6. The van der Waals surface area contributed by atoms with E-state index in [-0.39, 0.29) is 24.6 Å². The lowest BCUT2D eigenvalue weighted by molar-refractivity contribution is -0.119. The molecule has 0 saturated carbocycles. The second-order valence-electron chi connectivity index (χ2n) is 6.50. The minimum atomic E-state index is -0.504. The van der Waals surface area contributed by atoms with Crippen molar-refractivity contribution >= 4 is 40.0 Å². The van der Waals surface area contributed by atoms with Crippen molar-refractivity contribution in [2.24, 2.45) is 0 Å². The number of hydrogen-bond donors (Lipinski definition) is 3. The fraction of sp³-hybridized carbons (Fsp3) is 0.200. The third-order valence-corrected chi connectivity index (χ3v) is 4.75. The highest BCUT2D eigenvalue weighted by Crippen LogP contribution is 2.34. The van der Waals surface area contributed by atoms with Crippen LogP contribution in [0.15, 0.2) is 29.2 Å². The number of carbonyl (C=O) groups is 1. The number of fused-ring (bicyclic) bond motifs is 2. The number of H-pyrrole nitrogens is 2. The summed E-state index contributed by atoms with van der Waals surface area (Å²) in [5, 5.41) is 9.01. The molecule has 0 unspecified atom stereocenters. The summed E-state index contributed by atoms with van der Waals surface area (Å²) >= 11 is 0. The monoisotopic (exact) mass is 387 g/mol. The molecule has 1 amide bonds. The van der Waals surface area contributed by atoms with Crippen molar-refractivity contribution < 1.29 is 4.79 Å². The van der Waals surface area contributed by atoms with Crippen LogP contribution in [0.4, 0.5) is 23.1 Å². The number of carbonyl (C=O) groups excluding carboxylic acids is 1. The third-order valence-electron chi connectivity index (χ3n) is 4.75. The molecule has 1 aliphatic rings. The van der Waals surface area contributed by atoms with Crippen LogP contribution in [0.25, 0.3) is 10.9 Å². The van der Waals surface area contributed by atoms with E-state index in [0.717, 1.165) is 0 Å². The summed E-state index contributed by atoms with van der Waals surface area (Å²) < 4.78 is 0. The topological polar surface area (TPSA) is 110 Å². The van der Waals surface area contributed by atoms with Crippen LogP contribution in [0.5, 0.6) is 0 Å². The van der Waals surface area contributed by atoms with E-state index in [1.54, 1.807) is 36.2 Å². The standard InChI is InChI=1S/C20H17N7O2/c1-4-8-26-12(3)19(29)27(9-5-2)16-11-21-20(23-17(16)26)22-13-6-7-14-15(10-13)24-25-18(14)28/h1-2,6-7,10-12H,8-9H2,3H3,(H,21,22,23)(H2,24,25,28)/t12-/m0/s1. The summed E-state index contributed by atoms with van der Waals surface area (Å²) in [6.07, 6.45) is 12.5. The van der Waals surface area contributed by atoms with Gasteiger partial charge in [-0.1, -0.05) is 11.8 Å². The Hall–Kier alpha value is -4.24. The van der Waals surface area contributed by atoms with Crippen LogP contribution in [-0.4, -0.2) is 45.2 Å². The quantitative estimate of drug-likeness (QED) is 0.580. The number of rotatable bonds is 4. The summed E-state index contributed by atoms with van der Waals surface area (Å²) in [6, 6.07) is 4.72. The molecule has 0 spiro atoms. The SMILES string of the molecule is C#CCN1C(=O)[C@H](C)N(CC#C)c2nc(Nc3ccc4c(=O)[nH][nH]c4c3)ncc21. The van der Waals surface area contributed by atoms with Crippen LogP contribution >= 0.6 is 0 Å². The molecule has 0 bridgehead atoms. The second kappa shape index (κ2) is 7.06. The molecule has 4 rings (SSSR count). The Kier molecular flexibility index (Phi) is 4.41. The van der Waals surface area contributed by atoms with Gasteiger partial charge in [-0.3, -0.25) is 24.7 Å². The van der Waals surface area contributed by atoms with Gasteiger partial charge in [0.05, 0.1) is 30.2 Å². The van der Waals surface area contributed by atoms with E-state index in [1.165, 1.54) is 4.90 Å². The van der Waals surface area contributed by atoms with Crippen LogP contribution in [-0.2, 0) is 4.79 Å². The first kappa shape index (κ1) is 18.1. The molecular formula is C20H17N7O2. The predicted octanol–water partition coefficient (Wildman–Crippen LogP) is 1.20. The molecule has 1 aromatic carbocycles. The van der Waals surface area contributed by atoms with Gasteiger partial charge in [0.1, 0.15) is 11.7 Å². The third kappa shape index (κ3) is 3.05. The first-order valence-corrected chi connectivity index (χ1v) is 8.83. The number of aromatic amines is 2. The van der Waals surface area contributed by atoms with Crippen molar-refractivity contribution in [3.05, 3.63) is 34.7 Å². The highest BCUT2D eigenvalue weighted by Gasteiger charge is 2.36. The van der Waals surface area contributed by atoms with Gasteiger partial charge in [0.25, 0.3) is 5.56 Å². The fourth-order valence-electron chi connectivity index (χ4n) is 3.30. The van der Waals surface area contributed by atoms with Crippen LogP contribution in [0.3, 0.4) is 0 Å². The smallest absolute Gasteiger partial charge is 0.271 e. The summed E-state index contributed by atoms with van der Waals surface area (Å²) in [4.78, 5) is 36.4. The van der Waals surface area contributed by atoms with E-state index in [9.17, 15) is 9.59 Å². The van der Waals surface area contributed by atoms with Crippen LogP contribution < -0.4 is 20.7 Å². The summed E-state index contributed by atoms with van der Waals surface area (Å²) in [5.74, 6) is 5.75. The van der Waals surface area contributed by atoms with Gasteiger partial charge in [-0.15, -0.1) is 12.8 Å². The Morgan fingerprint density at radius 1 is 1.21 bits per heavy atom. The zero-order valence-corrected chi connectivity index (χ0v) is 15.6. The van der Waals surface area contributed by atoms with Gasteiger partial charge in [0.15, 0.2) is 5.82 Å². The molecule has 144 valence electrons. The van der Waals surface area contributed by atoms with Crippen molar-refractivity contribution in [3.63, 3.8) is 0 Å². The minimum Gasteiger partial charge on any atom is -0.332 e. The lowest BCUT2D eigenvalue weighted by Gasteiger charge is -2.38. The normalized spacial score (nSPS) is 15.7. The number of terminal acetylenes is 2. The molecule has 0 radical (unpaired) electrons. The van der Waals surface area contributed by atoms with E-state index in [1.807, 2.05) is 0 Å². The zero-order chi connectivity index (χ0) is 20.5. The largest absolute Gasteiger partial charge is 0.332 e. The minimum absolute atomic E-state index is 0.119. The Morgan fingerprint density at radius 3 is 2.76 bits per heavy atom. The molecule has 2 aromatic heterocycles. The first-order valence-electron chi connectivity index (χ1n) is 8.83. The van der Waals surface area contributed by atoms with Gasteiger partial charge in [0, 0.05) is 5.69 Å². The molecule has 3 aromatic rings. The highest BCUT2D eigenvalue weighted by atomic mass is 16.2. The van der Waals surface area contributed by atoms with E-state index in [2.05, 4.69) is 37.3 Å².